The Balaban J connectivity index is 1.62. The maximum Gasteiger partial charge on any atom is 0.238 e. The van der Waals surface area contributed by atoms with Crippen molar-refractivity contribution in [2.24, 2.45) is 23.5 Å². The van der Waals surface area contributed by atoms with Crippen molar-refractivity contribution >= 4 is 5.91 Å². The van der Waals surface area contributed by atoms with Crippen molar-refractivity contribution in [3.8, 4) is 0 Å². The predicted octanol–water partition coefficient (Wildman–Crippen LogP) is 1.36. The molecule has 0 unspecified atom stereocenters. The first-order chi connectivity index (χ1) is 9.20. The Morgan fingerprint density at radius 3 is 2.21 bits per heavy atom. The van der Waals surface area contributed by atoms with Gasteiger partial charge in [-0.2, -0.15) is 0 Å². The fraction of sp³-hybridized carbons (Fsp3) is 0.933. The van der Waals surface area contributed by atoms with Gasteiger partial charge in [0.05, 0.1) is 0 Å². The van der Waals surface area contributed by atoms with Gasteiger partial charge < -0.3 is 5.73 Å². The second-order valence-corrected chi connectivity index (χ2v) is 7.32. The fourth-order valence-corrected chi connectivity index (χ4v) is 5.83. The SMILES string of the molecule is NCCN1C(=O)CCN1C12CC3CC(CC(C3)C1)C2. The molecule has 0 aromatic heterocycles. The summed E-state index contributed by atoms with van der Waals surface area (Å²) in [6, 6.07) is 0. The molecule has 1 saturated heterocycles. The Morgan fingerprint density at radius 2 is 1.68 bits per heavy atom. The summed E-state index contributed by atoms with van der Waals surface area (Å²) >= 11 is 0. The molecule has 0 aromatic carbocycles. The highest BCUT2D eigenvalue weighted by atomic mass is 16.2. The highest BCUT2D eigenvalue weighted by Gasteiger charge is 2.56. The topological polar surface area (TPSA) is 49.6 Å². The van der Waals surface area contributed by atoms with Crippen molar-refractivity contribution in [2.75, 3.05) is 19.6 Å². The molecule has 106 valence electrons. The van der Waals surface area contributed by atoms with E-state index >= 15 is 0 Å². The van der Waals surface area contributed by atoms with Crippen molar-refractivity contribution < 1.29 is 4.79 Å². The third-order valence-corrected chi connectivity index (χ3v) is 6.01. The lowest BCUT2D eigenvalue weighted by molar-refractivity contribution is -0.172. The van der Waals surface area contributed by atoms with Crippen LogP contribution in [0.25, 0.3) is 0 Å². The summed E-state index contributed by atoms with van der Waals surface area (Å²) in [5, 5.41) is 4.44. The van der Waals surface area contributed by atoms with Gasteiger partial charge in [0.25, 0.3) is 0 Å². The van der Waals surface area contributed by atoms with Crippen LogP contribution >= 0.6 is 0 Å². The van der Waals surface area contributed by atoms with Gasteiger partial charge >= 0.3 is 0 Å². The first-order valence-electron chi connectivity index (χ1n) is 7.98. The van der Waals surface area contributed by atoms with Crippen molar-refractivity contribution in [1.29, 1.82) is 0 Å². The Morgan fingerprint density at radius 1 is 1.11 bits per heavy atom. The molecule has 4 aliphatic carbocycles. The zero-order chi connectivity index (χ0) is 13.0. The minimum absolute atomic E-state index is 0.293. The molecule has 0 aromatic rings. The second kappa shape index (κ2) is 4.19. The van der Waals surface area contributed by atoms with Crippen LogP contribution in [0.3, 0.4) is 0 Å². The normalized spacial score (nSPS) is 45.4. The number of hydrogen-bond acceptors (Lipinski definition) is 3. The van der Waals surface area contributed by atoms with Crippen LogP contribution in [-0.2, 0) is 4.79 Å². The number of amides is 1. The molecule has 4 heteroatoms. The minimum atomic E-state index is 0.293. The molecule has 5 fully saturated rings. The summed E-state index contributed by atoms with van der Waals surface area (Å²) in [5.74, 6) is 3.09. The number of carbonyl (C=O) groups is 1. The van der Waals surface area contributed by atoms with Gasteiger partial charge in [0, 0.05) is 31.6 Å². The van der Waals surface area contributed by atoms with E-state index in [-0.39, 0.29) is 0 Å². The van der Waals surface area contributed by atoms with E-state index in [1.54, 1.807) is 0 Å². The highest BCUT2D eigenvalue weighted by molar-refractivity contribution is 5.77. The molecular formula is C15H25N3O. The second-order valence-electron chi connectivity index (χ2n) is 7.32. The van der Waals surface area contributed by atoms with Crippen molar-refractivity contribution in [1.82, 2.24) is 10.0 Å². The van der Waals surface area contributed by atoms with Crippen LogP contribution in [0.1, 0.15) is 44.9 Å². The van der Waals surface area contributed by atoms with Crippen LogP contribution in [-0.4, -0.2) is 41.1 Å². The maximum absolute atomic E-state index is 12.1. The first-order valence-corrected chi connectivity index (χ1v) is 7.98. The monoisotopic (exact) mass is 263 g/mol. The van der Waals surface area contributed by atoms with Gasteiger partial charge in [-0.05, 0) is 56.3 Å². The third kappa shape index (κ3) is 1.76. The molecule has 4 saturated carbocycles. The van der Waals surface area contributed by atoms with E-state index in [4.69, 9.17) is 5.73 Å². The Bertz CT molecular complexity index is 360. The van der Waals surface area contributed by atoms with E-state index in [2.05, 4.69) is 5.01 Å². The highest BCUT2D eigenvalue weighted by Crippen LogP contribution is 2.58. The van der Waals surface area contributed by atoms with Crippen LogP contribution in [0.5, 0.6) is 0 Å². The van der Waals surface area contributed by atoms with Gasteiger partial charge in [-0.15, -0.1) is 0 Å². The molecule has 2 N–H and O–H groups in total. The smallest absolute Gasteiger partial charge is 0.238 e. The van der Waals surface area contributed by atoms with Crippen LogP contribution in [0.4, 0.5) is 0 Å². The zero-order valence-corrected chi connectivity index (χ0v) is 11.7. The molecule has 1 heterocycles. The Kier molecular flexibility index (Phi) is 2.68. The Hall–Kier alpha value is -0.610. The molecular weight excluding hydrogens is 238 g/mol. The van der Waals surface area contributed by atoms with Crippen LogP contribution in [0.2, 0.25) is 0 Å². The van der Waals surface area contributed by atoms with E-state index in [1.807, 2.05) is 5.01 Å². The maximum atomic E-state index is 12.1. The average Bonchev–Trinajstić information content (AvgIpc) is 2.70. The van der Waals surface area contributed by atoms with Crippen LogP contribution in [0.15, 0.2) is 0 Å². The standard InChI is InChI=1S/C15H25N3O/c16-2-4-17-14(19)1-3-18(17)15-8-11-5-12(9-15)7-13(6-11)10-15/h11-13H,1-10,16H2. The molecule has 5 aliphatic rings. The summed E-state index contributed by atoms with van der Waals surface area (Å²) < 4.78 is 0. The van der Waals surface area contributed by atoms with E-state index < -0.39 is 0 Å². The predicted molar refractivity (Wildman–Crippen MR) is 73.0 cm³/mol. The molecule has 4 nitrogen and oxygen atoms in total. The fourth-order valence-electron chi connectivity index (χ4n) is 5.83. The van der Waals surface area contributed by atoms with Gasteiger partial charge in [0.1, 0.15) is 0 Å². The number of rotatable bonds is 3. The number of carbonyl (C=O) groups excluding carboxylic acids is 1. The van der Waals surface area contributed by atoms with Gasteiger partial charge in [-0.25, -0.2) is 5.01 Å². The first kappa shape index (κ1) is 12.2. The summed E-state index contributed by atoms with van der Waals surface area (Å²) in [4.78, 5) is 12.1. The minimum Gasteiger partial charge on any atom is -0.329 e. The summed E-state index contributed by atoms with van der Waals surface area (Å²) in [6.45, 7) is 2.22. The summed E-state index contributed by atoms with van der Waals surface area (Å²) in [7, 11) is 0. The van der Waals surface area contributed by atoms with E-state index in [1.165, 1.54) is 38.5 Å². The molecule has 0 atom stereocenters. The van der Waals surface area contributed by atoms with E-state index in [0.717, 1.165) is 24.3 Å². The Labute approximate surface area is 115 Å². The van der Waals surface area contributed by atoms with E-state index in [0.29, 0.717) is 31.0 Å². The van der Waals surface area contributed by atoms with Gasteiger partial charge in [0.15, 0.2) is 0 Å². The molecule has 4 bridgehead atoms. The number of hydrazine groups is 1. The van der Waals surface area contributed by atoms with Gasteiger partial charge in [-0.3, -0.25) is 9.80 Å². The average molecular weight is 263 g/mol. The lowest BCUT2D eigenvalue weighted by Crippen LogP contribution is -2.63. The van der Waals surface area contributed by atoms with Crippen LogP contribution < -0.4 is 5.73 Å². The van der Waals surface area contributed by atoms with Gasteiger partial charge in [0.2, 0.25) is 5.91 Å². The summed E-state index contributed by atoms with van der Waals surface area (Å²) in [5.41, 5.74) is 6.02. The van der Waals surface area contributed by atoms with Crippen molar-refractivity contribution in [2.45, 2.75) is 50.5 Å². The third-order valence-electron chi connectivity index (χ3n) is 6.01. The van der Waals surface area contributed by atoms with Crippen molar-refractivity contribution in [3.63, 3.8) is 0 Å². The number of hydrogen-bond donors (Lipinski definition) is 1. The lowest BCUT2D eigenvalue weighted by Gasteiger charge is -2.60. The molecule has 1 amide bonds. The zero-order valence-electron chi connectivity index (χ0n) is 11.7. The van der Waals surface area contributed by atoms with Crippen molar-refractivity contribution in [3.05, 3.63) is 0 Å². The number of nitrogens with two attached hydrogens (primary N) is 1. The van der Waals surface area contributed by atoms with E-state index in [9.17, 15) is 4.79 Å². The molecule has 0 radical (unpaired) electrons. The lowest BCUT2D eigenvalue weighted by atomic mass is 9.53. The molecule has 0 spiro atoms. The largest absolute Gasteiger partial charge is 0.329 e. The number of nitrogens with zero attached hydrogens (tertiary/aromatic N) is 2. The quantitative estimate of drug-likeness (QED) is 0.836. The van der Waals surface area contributed by atoms with Gasteiger partial charge in [-0.1, -0.05) is 0 Å². The summed E-state index contributed by atoms with van der Waals surface area (Å²) in [6.07, 6.45) is 9.05. The molecule has 19 heavy (non-hydrogen) atoms. The van der Waals surface area contributed by atoms with Crippen LogP contribution in [0, 0.1) is 17.8 Å². The molecule has 1 aliphatic heterocycles. The molecule has 5 rings (SSSR count).